The van der Waals surface area contributed by atoms with E-state index in [1.165, 1.54) is 18.7 Å². The van der Waals surface area contributed by atoms with E-state index in [9.17, 15) is 9.18 Å². The van der Waals surface area contributed by atoms with Gasteiger partial charge in [-0.1, -0.05) is 0 Å². The number of pyridine rings is 1. The van der Waals surface area contributed by atoms with Gasteiger partial charge in [0.25, 0.3) is 0 Å². The number of carbonyl (C=O) groups excluding carboxylic acids is 1. The molecule has 0 spiro atoms. The van der Waals surface area contributed by atoms with Gasteiger partial charge in [0.1, 0.15) is 5.82 Å². The van der Waals surface area contributed by atoms with Gasteiger partial charge >= 0.3 is 5.97 Å². The summed E-state index contributed by atoms with van der Waals surface area (Å²) in [6.07, 6.45) is 4.02. The molecule has 0 bridgehead atoms. The zero-order chi connectivity index (χ0) is 16.7. The Morgan fingerprint density at radius 1 is 1.29 bits per heavy atom. The predicted octanol–water partition coefficient (Wildman–Crippen LogP) is 2.97. The molecule has 24 heavy (non-hydrogen) atoms. The highest BCUT2D eigenvalue weighted by molar-refractivity contribution is 5.82. The normalized spacial score (nSPS) is 26.7. The molecule has 2 fully saturated rings. The molecule has 2 aromatic rings. The number of hydrogen-bond donors (Lipinski definition) is 0. The lowest BCUT2D eigenvalue weighted by Crippen LogP contribution is -2.29. The number of ether oxygens (including phenoxy) is 1. The van der Waals surface area contributed by atoms with Gasteiger partial charge in [-0.2, -0.15) is 0 Å². The molecule has 1 saturated heterocycles. The minimum Gasteiger partial charge on any atom is -0.468 e. The van der Waals surface area contributed by atoms with Crippen molar-refractivity contribution in [3.8, 4) is 0 Å². The van der Waals surface area contributed by atoms with E-state index >= 15 is 0 Å². The Kier molecular flexibility index (Phi) is 3.96. The molecule has 1 unspecified atom stereocenters. The van der Waals surface area contributed by atoms with Crippen molar-refractivity contribution in [2.24, 2.45) is 11.8 Å². The lowest BCUT2D eigenvalue weighted by Gasteiger charge is -2.18. The fourth-order valence-corrected chi connectivity index (χ4v) is 4.52. The van der Waals surface area contributed by atoms with Crippen molar-refractivity contribution in [3.05, 3.63) is 41.8 Å². The van der Waals surface area contributed by atoms with Crippen molar-refractivity contribution in [1.82, 2.24) is 9.88 Å². The lowest BCUT2D eigenvalue weighted by molar-refractivity contribution is -0.141. The van der Waals surface area contributed by atoms with Crippen molar-refractivity contribution < 1.29 is 13.9 Å². The number of halogens is 1. The fourth-order valence-electron chi connectivity index (χ4n) is 4.52. The van der Waals surface area contributed by atoms with Crippen LogP contribution in [0.4, 0.5) is 4.39 Å². The van der Waals surface area contributed by atoms with E-state index in [0.717, 1.165) is 36.8 Å². The van der Waals surface area contributed by atoms with E-state index in [-0.39, 0.29) is 11.8 Å². The number of benzene rings is 1. The molecule has 1 aromatic carbocycles. The number of rotatable bonds is 3. The van der Waals surface area contributed by atoms with Gasteiger partial charge in [-0.05, 0) is 60.4 Å². The molecule has 0 radical (unpaired) electrons. The topological polar surface area (TPSA) is 42.4 Å². The summed E-state index contributed by atoms with van der Waals surface area (Å²) in [6, 6.07) is 6.87. The maximum absolute atomic E-state index is 13.7. The third-order valence-electron chi connectivity index (χ3n) is 5.58. The van der Waals surface area contributed by atoms with E-state index in [2.05, 4.69) is 9.88 Å². The molecule has 4 nitrogen and oxygen atoms in total. The summed E-state index contributed by atoms with van der Waals surface area (Å²) in [4.78, 5) is 18.0. The van der Waals surface area contributed by atoms with Crippen molar-refractivity contribution in [3.63, 3.8) is 0 Å². The van der Waals surface area contributed by atoms with Crippen molar-refractivity contribution >= 4 is 16.9 Å². The van der Waals surface area contributed by atoms with E-state index < -0.39 is 0 Å². The number of likely N-dealkylation sites (tertiary alicyclic amines) is 1. The summed E-state index contributed by atoms with van der Waals surface area (Å²) in [6.45, 7) is 2.29. The first-order chi connectivity index (χ1) is 11.6. The standard InChI is InChI=1S/C19H21FN2O2/c1-24-19(23)11-22-9-13-6-12(7-14(13)10-22)16-4-5-21-18-3-2-15(20)8-17(16)18/h2-5,8,12-14H,6-7,9-11H2,1H3/t12?,13-,14+. The second-order valence-electron chi connectivity index (χ2n) is 7.02. The summed E-state index contributed by atoms with van der Waals surface area (Å²) in [5.41, 5.74) is 2.08. The summed E-state index contributed by atoms with van der Waals surface area (Å²) in [7, 11) is 1.43. The zero-order valence-electron chi connectivity index (χ0n) is 13.7. The number of carbonyl (C=O) groups is 1. The molecule has 2 heterocycles. The largest absolute Gasteiger partial charge is 0.468 e. The second kappa shape index (κ2) is 6.13. The van der Waals surface area contributed by atoms with Crippen molar-refractivity contribution in [2.75, 3.05) is 26.7 Å². The van der Waals surface area contributed by atoms with E-state index in [1.807, 2.05) is 12.3 Å². The van der Waals surface area contributed by atoms with Gasteiger partial charge in [-0.3, -0.25) is 14.7 Å². The minimum atomic E-state index is -0.209. The molecule has 3 atom stereocenters. The van der Waals surface area contributed by atoms with Crippen LogP contribution in [0, 0.1) is 17.7 Å². The van der Waals surface area contributed by atoms with Crippen LogP contribution in [0.5, 0.6) is 0 Å². The molecule has 1 saturated carbocycles. The first-order valence-corrected chi connectivity index (χ1v) is 8.47. The molecule has 1 aromatic heterocycles. The molecule has 1 aliphatic heterocycles. The quantitative estimate of drug-likeness (QED) is 0.813. The fraction of sp³-hybridized carbons (Fsp3) is 0.474. The first kappa shape index (κ1) is 15.5. The Hall–Kier alpha value is -2.01. The number of fused-ring (bicyclic) bond motifs is 2. The number of methoxy groups -OCH3 is 1. The predicted molar refractivity (Wildman–Crippen MR) is 89.1 cm³/mol. The van der Waals surface area contributed by atoms with E-state index in [1.54, 1.807) is 12.1 Å². The van der Waals surface area contributed by atoms with Crippen LogP contribution in [0.25, 0.3) is 10.9 Å². The van der Waals surface area contributed by atoms with Crippen LogP contribution in [0.15, 0.2) is 30.5 Å². The molecule has 0 amide bonds. The molecule has 0 N–H and O–H groups in total. The molecule has 5 heteroatoms. The van der Waals surface area contributed by atoms with Crippen molar-refractivity contribution in [1.29, 1.82) is 0 Å². The van der Waals surface area contributed by atoms with Gasteiger partial charge in [0.2, 0.25) is 0 Å². The number of nitrogens with zero attached hydrogens (tertiary/aromatic N) is 2. The van der Waals surface area contributed by atoms with Gasteiger partial charge in [0.05, 0.1) is 19.2 Å². The maximum atomic E-state index is 13.7. The van der Waals surface area contributed by atoms with Crippen LogP contribution < -0.4 is 0 Å². The van der Waals surface area contributed by atoms with Crippen LogP contribution in [0.1, 0.15) is 24.3 Å². The van der Waals surface area contributed by atoms with E-state index in [4.69, 9.17) is 4.74 Å². The van der Waals surface area contributed by atoms with Crippen molar-refractivity contribution in [2.45, 2.75) is 18.8 Å². The van der Waals surface area contributed by atoms with Crippen LogP contribution in [-0.2, 0) is 9.53 Å². The highest BCUT2D eigenvalue weighted by atomic mass is 19.1. The van der Waals surface area contributed by atoms with Gasteiger partial charge in [0.15, 0.2) is 0 Å². The van der Waals surface area contributed by atoms with Gasteiger partial charge in [0, 0.05) is 24.7 Å². The third kappa shape index (κ3) is 2.77. The van der Waals surface area contributed by atoms with Gasteiger partial charge in [-0.25, -0.2) is 4.39 Å². The average Bonchev–Trinajstić information content (AvgIpc) is 3.12. The Balaban J connectivity index is 1.52. The maximum Gasteiger partial charge on any atom is 0.319 e. The highest BCUT2D eigenvalue weighted by Crippen LogP contribution is 2.47. The van der Waals surface area contributed by atoms with Gasteiger partial charge < -0.3 is 4.74 Å². The molecular weight excluding hydrogens is 307 g/mol. The van der Waals surface area contributed by atoms with Crippen LogP contribution in [-0.4, -0.2) is 42.6 Å². The molecular formula is C19H21FN2O2. The number of hydrogen-bond acceptors (Lipinski definition) is 4. The first-order valence-electron chi connectivity index (χ1n) is 8.47. The molecule has 2 aliphatic rings. The highest BCUT2D eigenvalue weighted by Gasteiger charge is 2.42. The average molecular weight is 328 g/mol. The third-order valence-corrected chi connectivity index (χ3v) is 5.58. The minimum absolute atomic E-state index is 0.165. The van der Waals surface area contributed by atoms with E-state index in [0.29, 0.717) is 24.3 Å². The van der Waals surface area contributed by atoms with Gasteiger partial charge in [-0.15, -0.1) is 0 Å². The molecule has 4 rings (SSSR count). The summed E-state index contributed by atoms with van der Waals surface area (Å²) >= 11 is 0. The van der Waals surface area contributed by atoms with Crippen LogP contribution >= 0.6 is 0 Å². The zero-order valence-corrected chi connectivity index (χ0v) is 13.7. The lowest BCUT2D eigenvalue weighted by atomic mass is 9.93. The monoisotopic (exact) mass is 328 g/mol. The Morgan fingerprint density at radius 3 is 2.75 bits per heavy atom. The summed E-state index contributed by atoms with van der Waals surface area (Å²) < 4.78 is 18.4. The Labute approximate surface area is 140 Å². The Bertz CT molecular complexity index is 765. The smallest absolute Gasteiger partial charge is 0.319 e. The van der Waals surface area contributed by atoms with Crippen LogP contribution in [0.3, 0.4) is 0 Å². The molecule has 126 valence electrons. The summed E-state index contributed by atoms with van der Waals surface area (Å²) in [5.74, 6) is 1.29. The number of aromatic nitrogens is 1. The summed E-state index contributed by atoms with van der Waals surface area (Å²) in [5, 5.41) is 0.939. The molecule has 1 aliphatic carbocycles. The SMILES string of the molecule is COC(=O)CN1C[C@H]2CC(c3ccnc4ccc(F)cc34)C[C@H]2C1. The Morgan fingerprint density at radius 2 is 2.04 bits per heavy atom. The number of esters is 1. The second-order valence-corrected chi connectivity index (χ2v) is 7.02. The van der Waals surface area contributed by atoms with Crippen LogP contribution in [0.2, 0.25) is 0 Å².